The van der Waals surface area contributed by atoms with Crippen molar-refractivity contribution in [2.45, 2.75) is 13.0 Å². The number of carbonyl (C=O) groups is 1. The molecule has 0 unspecified atom stereocenters. The summed E-state index contributed by atoms with van der Waals surface area (Å²) in [5.41, 5.74) is 3.23. The van der Waals surface area contributed by atoms with Gasteiger partial charge in [0.15, 0.2) is 4.80 Å². The second-order valence-corrected chi connectivity index (χ2v) is 10.5. The highest BCUT2D eigenvalue weighted by molar-refractivity contribution is 14.1. The number of benzene rings is 3. The van der Waals surface area contributed by atoms with Gasteiger partial charge in [-0.15, -0.1) is 0 Å². The van der Waals surface area contributed by atoms with E-state index in [0.29, 0.717) is 32.0 Å². The lowest BCUT2D eigenvalue weighted by Crippen LogP contribution is -2.40. The molecule has 0 spiro atoms. The van der Waals surface area contributed by atoms with Crippen molar-refractivity contribution in [2.75, 3.05) is 12.4 Å². The van der Waals surface area contributed by atoms with Gasteiger partial charge >= 0.3 is 0 Å². The van der Waals surface area contributed by atoms with Crippen LogP contribution in [0.1, 0.15) is 24.1 Å². The van der Waals surface area contributed by atoms with Gasteiger partial charge < -0.3 is 10.1 Å². The zero-order valence-electron chi connectivity index (χ0n) is 19.6. The van der Waals surface area contributed by atoms with Crippen molar-refractivity contribution in [3.8, 4) is 5.75 Å². The monoisotopic (exact) mass is 607 g/mol. The molecule has 1 amide bonds. The van der Waals surface area contributed by atoms with E-state index in [4.69, 9.17) is 9.73 Å². The molecule has 36 heavy (non-hydrogen) atoms. The Kier molecular flexibility index (Phi) is 6.88. The Bertz CT molecular complexity index is 1650. The third-order valence-electron chi connectivity index (χ3n) is 5.88. The van der Waals surface area contributed by atoms with E-state index in [-0.39, 0.29) is 11.5 Å². The van der Waals surface area contributed by atoms with Crippen LogP contribution < -0.4 is 24.9 Å². The summed E-state index contributed by atoms with van der Waals surface area (Å²) in [5, 5.41) is 2.97. The van der Waals surface area contributed by atoms with Crippen molar-refractivity contribution >= 4 is 51.6 Å². The van der Waals surface area contributed by atoms with E-state index in [0.717, 1.165) is 14.7 Å². The van der Waals surface area contributed by atoms with Crippen LogP contribution in [-0.4, -0.2) is 17.6 Å². The Morgan fingerprint density at radius 1 is 1.08 bits per heavy atom. The number of halogens is 1. The number of nitrogens with one attached hydrogen (secondary N) is 1. The lowest BCUT2D eigenvalue weighted by atomic mass is 9.95. The van der Waals surface area contributed by atoms with Gasteiger partial charge in [0.2, 0.25) is 0 Å². The molecule has 180 valence electrons. The molecule has 1 aliphatic rings. The first kappa shape index (κ1) is 24.2. The highest BCUT2D eigenvalue weighted by Gasteiger charge is 2.32. The van der Waals surface area contributed by atoms with Crippen LogP contribution in [-0.2, 0) is 4.79 Å². The number of aromatic nitrogens is 1. The molecule has 0 radical (unpaired) electrons. The maximum absolute atomic E-state index is 13.7. The molecule has 3 aromatic carbocycles. The van der Waals surface area contributed by atoms with E-state index in [1.807, 2.05) is 91.9 Å². The van der Waals surface area contributed by atoms with Crippen LogP contribution in [0.25, 0.3) is 6.08 Å². The fourth-order valence-corrected chi connectivity index (χ4v) is 5.79. The summed E-state index contributed by atoms with van der Waals surface area (Å²) in [5.74, 6) is 0.399. The van der Waals surface area contributed by atoms with Crippen LogP contribution in [0.15, 0.2) is 99.9 Å². The first-order chi connectivity index (χ1) is 17.4. The number of hydrogen-bond donors (Lipinski definition) is 1. The van der Waals surface area contributed by atoms with Crippen molar-refractivity contribution < 1.29 is 9.53 Å². The standard InChI is InChI=1S/C28H22IN3O3S/c1-17-24(26(33)31-21-9-4-3-5-10-21)25(19-11-13-22(35-2)14-12-19)32-27(34)23(36-28(32)30-17)16-18-7-6-8-20(29)15-18/h3-16,25H,1-2H3,(H,31,33)/b23-16+/t25-/m0/s1. The van der Waals surface area contributed by atoms with Gasteiger partial charge in [-0.05, 0) is 83.1 Å². The molecular weight excluding hydrogens is 585 g/mol. The summed E-state index contributed by atoms with van der Waals surface area (Å²) < 4.78 is 8.59. The minimum absolute atomic E-state index is 0.184. The summed E-state index contributed by atoms with van der Waals surface area (Å²) in [6.07, 6.45) is 1.88. The maximum Gasteiger partial charge on any atom is 0.271 e. The zero-order chi connectivity index (χ0) is 25.2. The number of para-hydroxylation sites is 1. The largest absolute Gasteiger partial charge is 0.497 e. The van der Waals surface area contributed by atoms with Crippen LogP contribution >= 0.6 is 33.9 Å². The molecule has 1 N–H and O–H groups in total. The predicted octanol–water partition coefficient (Wildman–Crippen LogP) is 4.49. The third kappa shape index (κ3) is 4.78. The van der Waals surface area contributed by atoms with Crippen molar-refractivity contribution in [1.29, 1.82) is 0 Å². The molecule has 0 aliphatic carbocycles. The summed E-state index contributed by atoms with van der Waals surface area (Å²) in [4.78, 5) is 32.6. The summed E-state index contributed by atoms with van der Waals surface area (Å²) in [6.45, 7) is 1.81. The van der Waals surface area contributed by atoms with Gasteiger partial charge in [0, 0.05) is 9.26 Å². The first-order valence-electron chi connectivity index (χ1n) is 11.2. The van der Waals surface area contributed by atoms with Crippen LogP contribution in [0.2, 0.25) is 0 Å². The Hall–Kier alpha value is -3.50. The number of methoxy groups -OCH3 is 1. The number of fused-ring (bicyclic) bond motifs is 1. The molecule has 4 aromatic rings. The van der Waals surface area contributed by atoms with Gasteiger partial charge in [-0.1, -0.05) is 53.8 Å². The van der Waals surface area contributed by atoms with E-state index in [1.165, 1.54) is 11.3 Å². The number of thiazole rings is 1. The van der Waals surface area contributed by atoms with Crippen LogP contribution in [0.5, 0.6) is 5.75 Å². The van der Waals surface area contributed by atoms with Gasteiger partial charge in [-0.25, -0.2) is 4.99 Å². The maximum atomic E-state index is 13.7. The SMILES string of the molecule is COc1ccc([C@H]2C(C(=O)Nc3ccccc3)=C(C)N=c3s/c(=C/c4cccc(I)c4)c(=O)n32)cc1. The number of nitrogens with zero attached hydrogens (tertiary/aromatic N) is 2. The van der Waals surface area contributed by atoms with Gasteiger partial charge in [-0.2, -0.15) is 0 Å². The topological polar surface area (TPSA) is 72.7 Å². The van der Waals surface area contributed by atoms with E-state index in [2.05, 4.69) is 27.9 Å². The number of amides is 1. The quantitative estimate of drug-likeness (QED) is 0.340. The Labute approximate surface area is 225 Å². The lowest BCUT2D eigenvalue weighted by molar-refractivity contribution is -0.113. The van der Waals surface area contributed by atoms with Crippen LogP contribution in [0.3, 0.4) is 0 Å². The molecule has 5 rings (SSSR count). The van der Waals surface area contributed by atoms with Crippen LogP contribution in [0, 0.1) is 3.57 Å². The number of hydrogen-bond acceptors (Lipinski definition) is 5. The van der Waals surface area contributed by atoms with Gasteiger partial charge in [-0.3, -0.25) is 14.2 Å². The van der Waals surface area contributed by atoms with Crippen molar-refractivity contribution in [3.63, 3.8) is 0 Å². The molecule has 6 nitrogen and oxygen atoms in total. The Morgan fingerprint density at radius 3 is 2.53 bits per heavy atom. The molecule has 0 saturated heterocycles. The third-order valence-corrected chi connectivity index (χ3v) is 7.53. The number of rotatable bonds is 5. The fraction of sp³-hybridized carbons (Fsp3) is 0.107. The highest BCUT2D eigenvalue weighted by Crippen LogP contribution is 2.31. The van der Waals surface area contributed by atoms with Gasteiger partial charge in [0.25, 0.3) is 11.5 Å². The zero-order valence-corrected chi connectivity index (χ0v) is 22.5. The minimum Gasteiger partial charge on any atom is -0.497 e. The number of carbonyl (C=O) groups excluding carboxylic acids is 1. The molecular formula is C28H22IN3O3S. The Morgan fingerprint density at radius 2 is 1.83 bits per heavy atom. The first-order valence-corrected chi connectivity index (χ1v) is 13.1. The smallest absolute Gasteiger partial charge is 0.271 e. The minimum atomic E-state index is -0.631. The normalized spacial score (nSPS) is 15.3. The average molecular weight is 607 g/mol. The molecule has 2 heterocycles. The molecule has 1 aliphatic heterocycles. The summed E-state index contributed by atoms with van der Waals surface area (Å²) in [6, 6.07) is 24.0. The van der Waals surface area contributed by atoms with Crippen molar-refractivity contribution in [3.05, 3.63) is 125 Å². The number of ether oxygens (including phenoxy) is 1. The van der Waals surface area contributed by atoms with E-state index >= 15 is 0 Å². The van der Waals surface area contributed by atoms with Crippen LogP contribution in [0.4, 0.5) is 5.69 Å². The van der Waals surface area contributed by atoms with Crippen molar-refractivity contribution in [1.82, 2.24) is 4.57 Å². The number of allylic oxidation sites excluding steroid dienone is 1. The second-order valence-electron chi connectivity index (χ2n) is 8.23. The van der Waals surface area contributed by atoms with Gasteiger partial charge in [0.05, 0.1) is 29.0 Å². The Balaban J connectivity index is 1.68. The number of anilines is 1. The molecule has 0 bridgehead atoms. The predicted molar refractivity (Wildman–Crippen MR) is 151 cm³/mol. The van der Waals surface area contributed by atoms with Gasteiger partial charge in [0.1, 0.15) is 5.75 Å². The molecule has 1 atom stereocenters. The summed E-state index contributed by atoms with van der Waals surface area (Å²) >= 11 is 3.58. The van der Waals surface area contributed by atoms with E-state index in [9.17, 15) is 9.59 Å². The molecule has 8 heteroatoms. The van der Waals surface area contributed by atoms with E-state index < -0.39 is 6.04 Å². The molecule has 1 aromatic heterocycles. The van der Waals surface area contributed by atoms with E-state index in [1.54, 1.807) is 11.7 Å². The molecule has 0 saturated carbocycles. The second kappa shape index (κ2) is 10.2. The van der Waals surface area contributed by atoms with Crippen molar-refractivity contribution in [2.24, 2.45) is 4.99 Å². The fourth-order valence-electron chi connectivity index (χ4n) is 4.18. The highest BCUT2D eigenvalue weighted by atomic mass is 127. The lowest BCUT2D eigenvalue weighted by Gasteiger charge is -2.25. The summed E-state index contributed by atoms with van der Waals surface area (Å²) in [7, 11) is 1.60. The molecule has 0 fully saturated rings. The average Bonchev–Trinajstić information content (AvgIpc) is 3.18.